The van der Waals surface area contributed by atoms with Crippen LogP contribution in [0.3, 0.4) is 0 Å². The predicted molar refractivity (Wildman–Crippen MR) is 78.1 cm³/mol. The van der Waals surface area contributed by atoms with Crippen LogP contribution >= 0.6 is 23.4 Å². The molecule has 1 saturated heterocycles. The highest BCUT2D eigenvalue weighted by Crippen LogP contribution is 2.29. The lowest BCUT2D eigenvalue weighted by Crippen LogP contribution is -2.38. The summed E-state index contributed by atoms with van der Waals surface area (Å²) in [7, 11) is 0. The van der Waals surface area contributed by atoms with Crippen molar-refractivity contribution in [3.8, 4) is 0 Å². The fraction of sp³-hybridized carbons (Fsp3) is 0.571. The fourth-order valence-electron chi connectivity index (χ4n) is 2.44. The van der Waals surface area contributed by atoms with Gasteiger partial charge in [0.1, 0.15) is 0 Å². The molecule has 0 amide bonds. The molecule has 0 spiro atoms. The zero-order valence-electron chi connectivity index (χ0n) is 10.3. The van der Waals surface area contributed by atoms with Crippen LogP contribution in [0.5, 0.6) is 0 Å². The van der Waals surface area contributed by atoms with Crippen LogP contribution < -0.4 is 5.32 Å². The molecule has 94 valence electrons. The Morgan fingerprint density at radius 3 is 2.94 bits per heavy atom. The molecule has 1 aromatic carbocycles. The van der Waals surface area contributed by atoms with Gasteiger partial charge in [0.15, 0.2) is 0 Å². The second-order valence-electron chi connectivity index (χ2n) is 4.58. The first kappa shape index (κ1) is 13.3. The Bertz CT molecular complexity index is 350. The third-order valence-electron chi connectivity index (χ3n) is 3.40. The van der Waals surface area contributed by atoms with Gasteiger partial charge in [-0.25, -0.2) is 0 Å². The van der Waals surface area contributed by atoms with E-state index in [2.05, 4.69) is 36.1 Å². The first-order chi connectivity index (χ1) is 8.31. The van der Waals surface area contributed by atoms with Crippen molar-refractivity contribution in [3.05, 3.63) is 34.9 Å². The van der Waals surface area contributed by atoms with Crippen LogP contribution in [-0.2, 0) is 6.42 Å². The zero-order chi connectivity index (χ0) is 12.1. The number of hydrogen-bond acceptors (Lipinski definition) is 2. The highest BCUT2D eigenvalue weighted by Gasteiger charge is 2.25. The molecule has 1 aliphatic rings. The number of benzene rings is 1. The number of nitrogens with one attached hydrogen (secondary N) is 1. The van der Waals surface area contributed by atoms with E-state index in [1.54, 1.807) is 0 Å². The maximum Gasteiger partial charge on any atom is 0.0438 e. The Hall–Kier alpha value is -0.180. The summed E-state index contributed by atoms with van der Waals surface area (Å²) in [6.07, 6.45) is 2.39. The van der Waals surface area contributed by atoms with Gasteiger partial charge in [0.05, 0.1) is 0 Å². The SMILES string of the molecule is CCNC(Cc1ccccc1Cl)C1CCSC1. The minimum atomic E-state index is 0.579. The van der Waals surface area contributed by atoms with Gasteiger partial charge >= 0.3 is 0 Å². The van der Waals surface area contributed by atoms with Crippen molar-refractivity contribution in [2.45, 2.75) is 25.8 Å². The molecule has 0 radical (unpaired) electrons. The third kappa shape index (κ3) is 3.64. The van der Waals surface area contributed by atoms with Crippen molar-refractivity contribution < 1.29 is 0 Å². The van der Waals surface area contributed by atoms with Crippen molar-refractivity contribution >= 4 is 23.4 Å². The number of likely N-dealkylation sites (N-methyl/N-ethyl adjacent to an activating group) is 1. The molecule has 1 N–H and O–H groups in total. The average molecular weight is 270 g/mol. The first-order valence-corrected chi connectivity index (χ1v) is 7.89. The zero-order valence-corrected chi connectivity index (χ0v) is 11.9. The second-order valence-corrected chi connectivity index (χ2v) is 6.14. The minimum absolute atomic E-state index is 0.579. The standard InChI is InChI=1S/C14H20ClNS/c1-2-16-14(12-7-8-17-10-12)9-11-5-3-4-6-13(11)15/h3-6,12,14,16H,2,7-10H2,1H3. The second kappa shape index (κ2) is 6.67. The number of hydrogen-bond donors (Lipinski definition) is 1. The van der Waals surface area contributed by atoms with E-state index in [1.807, 2.05) is 12.1 Å². The van der Waals surface area contributed by atoms with Crippen molar-refractivity contribution in [3.63, 3.8) is 0 Å². The van der Waals surface area contributed by atoms with E-state index in [-0.39, 0.29) is 0 Å². The maximum absolute atomic E-state index is 6.24. The molecular weight excluding hydrogens is 250 g/mol. The van der Waals surface area contributed by atoms with Crippen LogP contribution in [0.1, 0.15) is 18.9 Å². The molecule has 1 nitrogen and oxygen atoms in total. The Labute approximate surface area is 113 Å². The average Bonchev–Trinajstić information content (AvgIpc) is 2.85. The lowest BCUT2D eigenvalue weighted by molar-refractivity contribution is 0.387. The molecule has 0 saturated carbocycles. The Morgan fingerprint density at radius 2 is 2.29 bits per heavy atom. The molecule has 1 heterocycles. The molecule has 1 aromatic rings. The monoisotopic (exact) mass is 269 g/mol. The van der Waals surface area contributed by atoms with E-state index in [4.69, 9.17) is 11.6 Å². The molecule has 1 fully saturated rings. The number of thioether (sulfide) groups is 1. The van der Waals surface area contributed by atoms with Gasteiger partial charge in [0.25, 0.3) is 0 Å². The van der Waals surface area contributed by atoms with E-state index < -0.39 is 0 Å². The van der Waals surface area contributed by atoms with Crippen LogP contribution in [0.15, 0.2) is 24.3 Å². The Morgan fingerprint density at radius 1 is 1.47 bits per heavy atom. The molecule has 2 atom stereocenters. The summed E-state index contributed by atoms with van der Waals surface area (Å²) in [5.41, 5.74) is 1.28. The summed E-state index contributed by atoms with van der Waals surface area (Å²) in [6, 6.07) is 8.79. The molecular formula is C14H20ClNS. The van der Waals surface area contributed by atoms with E-state index in [0.29, 0.717) is 6.04 Å². The summed E-state index contributed by atoms with van der Waals surface area (Å²) >= 11 is 8.32. The number of halogens is 1. The molecule has 3 heteroatoms. The molecule has 0 aliphatic carbocycles. The number of rotatable bonds is 5. The predicted octanol–water partition coefficient (Wildman–Crippen LogP) is 3.61. The Balaban J connectivity index is 2.04. The summed E-state index contributed by atoms with van der Waals surface area (Å²) in [6.45, 7) is 3.22. The van der Waals surface area contributed by atoms with E-state index in [1.165, 1.54) is 23.5 Å². The van der Waals surface area contributed by atoms with E-state index in [0.717, 1.165) is 23.9 Å². The summed E-state index contributed by atoms with van der Waals surface area (Å²) in [5, 5.41) is 4.53. The molecule has 2 rings (SSSR count). The van der Waals surface area contributed by atoms with Gasteiger partial charge in [-0.15, -0.1) is 0 Å². The van der Waals surface area contributed by atoms with Gasteiger partial charge < -0.3 is 5.32 Å². The topological polar surface area (TPSA) is 12.0 Å². The van der Waals surface area contributed by atoms with Crippen molar-refractivity contribution in [1.82, 2.24) is 5.32 Å². The summed E-state index contributed by atoms with van der Waals surface area (Å²) < 4.78 is 0. The van der Waals surface area contributed by atoms with E-state index >= 15 is 0 Å². The minimum Gasteiger partial charge on any atom is -0.314 e. The summed E-state index contributed by atoms with van der Waals surface area (Å²) in [4.78, 5) is 0. The van der Waals surface area contributed by atoms with Crippen molar-refractivity contribution in [2.24, 2.45) is 5.92 Å². The molecule has 2 unspecified atom stereocenters. The molecule has 1 aliphatic heterocycles. The fourth-order valence-corrected chi connectivity index (χ4v) is 3.99. The van der Waals surface area contributed by atoms with Crippen LogP contribution in [-0.4, -0.2) is 24.1 Å². The van der Waals surface area contributed by atoms with Crippen LogP contribution in [0.4, 0.5) is 0 Å². The summed E-state index contributed by atoms with van der Waals surface area (Å²) in [5.74, 6) is 3.41. The van der Waals surface area contributed by atoms with Gasteiger partial charge in [0.2, 0.25) is 0 Å². The maximum atomic E-state index is 6.24. The quantitative estimate of drug-likeness (QED) is 0.876. The normalized spacial score (nSPS) is 21.6. The first-order valence-electron chi connectivity index (χ1n) is 6.35. The smallest absolute Gasteiger partial charge is 0.0438 e. The third-order valence-corrected chi connectivity index (χ3v) is 4.95. The van der Waals surface area contributed by atoms with Gasteiger partial charge in [-0.3, -0.25) is 0 Å². The Kier molecular flexibility index (Phi) is 5.20. The van der Waals surface area contributed by atoms with E-state index in [9.17, 15) is 0 Å². The highest BCUT2D eigenvalue weighted by molar-refractivity contribution is 7.99. The lowest BCUT2D eigenvalue weighted by Gasteiger charge is -2.24. The van der Waals surface area contributed by atoms with Gasteiger partial charge in [-0.2, -0.15) is 11.8 Å². The highest BCUT2D eigenvalue weighted by atomic mass is 35.5. The molecule has 0 aromatic heterocycles. The van der Waals surface area contributed by atoms with Crippen LogP contribution in [0, 0.1) is 5.92 Å². The van der Waals surface area contributed by atoms with Gasteiger partial charge in [-0.05, 0) is 48.4 Å². The van der Waals surface area contributed by atoms with Gasteiger partial charge in [-0.1, -0.05) is 36.7 Å². The van der Waals surface area contributed by atoms with Gasteiger partial charge in [0, 0.05) is 11.1 Å². The van der Waals surface area contributed by atoms with Crippen LogP contribution in [0.25, 0.3) is 0 Å². The van der Waals surface area contributed by atoms with Crippen molar-refractivity contribution in [2.75, 3.05) is 18.1 Å². The molecule has 0 bridgehead atoms. The van der Waals surface area contributed by atoms with Crippen molar-refractivity contribution in [1.29, 1.82) is 0 Å². The van der Waals surface area contributed by atoms with Crippen LogP contribution in [0.2, 0.25) is 5.02 Å². The molecule has 17 heavy (non-hydrogen) atoms. The lowest BCUT2D eigenvalue weighted by atomic mass is 9.93. The largest absolute Gasteiger partial charge is 0.314 e.